The lowest BCUT2D eigenvalue weighted by atomic mass is 10.00. The number of ether oxygens (including phenoxy) is 1. The Kier molecular flexibility index (Phi) is 6.97. The Morgan fingerprint density at radius 2 is 2.05 bits per heavy atom. The summed E-state index contributed by atoms with van der Waals surface area (Å²) in [6.45, 7) is 3.57. The Hall–Kier alpha value is -0.610. The highest BCUT2D eigenvalue weighted by Gasteiger charge is 2.21. The number of rotatable bonds is 8. The lowest BCUT2D eigenvalue weighted by Gasteiger charge is -2.22. The van der Waals surface area contributed by atoms with E-state index in [0.717, 1.165) is 11.5 Å². The average Bonchev–Trinajstić information content (AvgIpc) is 3.01. The van der Waals surface area contributed by atoms with Crippen LogP contribution < -0.4 is 5.32 Å². The first-order valence-corrected chi connectivity index (χ1v) is 8.27. The summed E-state index contributed by atoms with van der Waals surface area (Å²) in [5, 5.41) is 14.1. The number of hydrogen-bond donors (Lipinski definition) is 2. The molecule has 0 bridgehead atoms. The molecule has 0 aromatic heterocycles. The SMILES string of the molecule is C[C@@H](NCC(O)COCc1ccccc1Cl)C1CCCC1. The quantitative estimate of drug-likeness (QED) is 0.773. The Morgan fingerprint density at radius 3 is 2.76 bits per heavy atom. The van der Waals surface area contributed by atoms with Crippen LogP contribution in [0.25, 0.3) is 0 Å². The van der Waals surface area contributed by atoms with E-state index in [0.29, 0.717) is 30.8 Å². The van der Waals surface area contributed by atoms with Gasteiger partial charge in [-0.2, -0.15) is 0 Å². The van der Waals surface area contributed by atoms with Crippen molar-refractivity contribution >= 4 is 11.6 Å². The summed E-state index contributed by atoms with van der Waals surface area (Å²) in [7, 11) is 0. The van der Waals surface area contributed by atoms with Crippen molar-refractivity contribution in [2.75, 3.05) is 13.2 Å². The molecule has 2 N–H and O–H groups in total. The molecule has 0 radical (unpaired) electrons. The van der Waals surface area contributed by atoms with Crippen LogP contribution in [0.2, 0.25) is 5.02 Å². The molecular formula is C17H26ClNO2. The molecular weight excluding hydrogens is 286 g/mol. The van der Waals surface area contributed by atoms with Gasteiger partial charge in [-0.1, -0.05) is 42.6 Å². The van der Waals surface area contributed by atoms with Gasteiger partial charge in [0.25, 0.3) is 0 Å². The molecule has 1 saturated carbocycles. The van der Waals surface area contributed by atoms with Crippen molar-refractivity contribution in [3.8, 4) is 0 Å². The molecule has 0 amide bonds. The van der Waals surface area contributed by atoms with Gasteiger partial charge < -0.3 is 15.2 Å². The fraction of sp³-hybridized carbons (Fsp3) is 0.647. The molecule has 1 unspecified atom stereocenters. The van der Waals surface area contributed by atoms with Gasteiger partial charge in [-0.05, 0) is 37.3 Å². The fourth-order valence-electron chi connectivity index (χ4n) is 2.93. The maximum atomic E-state index is 9.97. The van der Waals surface area contributed by atoms with Gasteiger partial charge in [0.1, 0.15) is 0 Å². The third kappa shape index (κ3) is 5.59. The zero-order chi connectivity index (χ0) is 15.1. The fourth-order valence-corrected chi connectivity index (χ4v) is 3.12. The summed E-state index contributed by atoms with van der Waals surface area (Å²) in [6, 6.07) is 8.10. The zero-order valence-electron chi connectivity index (χ0n) is 12.7. The van der Waals surface area contributed by atoms with Crippen LogP contribution in [0.4, 0.5) is 0 Å². The predicted octanol–water partition coefficient (Wildman–Crippen LogP) is 3.39. The van der Waals surface area contributed by atoms with Crippen molar-refractivity contribution in [3.63, 3.8) is 0 Å². The van der Waals surface area contributed by atoms with E-state index in [-0.39, 0.29) is 0 Å². The smallest absolute Gasteiger partial charge is 0.0897 e. The molecule has 0 spiro atoms. The molecule has 0 saturated heterocycles. The molecule has 1 aromatic carbocycles. The van der Waals surface area contributed by atoms with E-state index in [4.69, 9.17) is 16.3 Å². The van der Waals surface area contributed by atoms with Crippen LogP contribution in [-0.4, -0.2) is 30.4 Å². The molecule has 1 aliphatic rings. The van der Waals surface area contributed by atoms with Crippen molar-refractivity contribution in [1.29, 1.82) is 0 Å². The summed E-state index contributed by atoms with van der Waals surface area (Å²) in [5.41, 5.74) is 0.957. The Labute approximate surface area is 132 Å². The minimum Gasteiger partial charge on any atom is -0.389 e. The van der Waals surface area contributed by atoms with Gasteiger partial charge in [0.05, 0.1) is 19.3 Å². The highest BCUT2D eigenvalue weighted by atomic mass is 35.5. The van der Waals surface area contributed by atoms with Gasteiger partial charge >= 0.3 is 0 Å². The third-order valence-electron chi connectivity index (χ3n) is 4.31. The van der Waals surface area contributed by atoms with Crippen molar-refractivity contribution < 1.29 is 9.84 Å². The first-order valence-electron chi connectivity index (χ1n) is 7.89. The third-order valence-corrected chi connectivity index (χ3v) is 4.68. The second kappa shape index (κ2) is 8.74. The van der Waals surface area contributed by atoms with Crippen LogP contribution in [0, 0.1) is 5.92 Å². The molecule has 2 atom stereocenters. The monoisotopic (exact) mass is 311 g/mol. The van der Waals surface area contributed by atoms with Crippen LogP contribution >= 0.6 is 11.6 Å². The van der Waals surface area contributed by atoms with Gasteiger partial charge in [-0.3, -0.25) is 0 Å². The van der Waals surface area contributed by atoms with Crippen LogP contribution in [0.3, 0.4) is 0 Å². The van der Waals surface area contributed by atoms with E-state index >= 15 is 0 Å². The number of halogens is 1. The van der Waals surface area contributed by atoms with E-state index in [2.05, 4.69) is 12.2 Å². The number of aliphatic hydroxyl groups is 1. The van der Waals surface area contributed by atoms with Gasteiger partial charge in [0.2, 0.25) is 0 Å². The summed E-state index contributed by atoms with van der Waals surface area (Å²) in [6.07, 6.45) is 4.84. The zero-order valence-corrected chi connectivity index (χ0v) is 13.5. The largest absolute Gasteiger partial charge is 0.389 e. The van der Waals surface area contributed by atoms with Crippen LogP contribution in [0.15, 0.2) is 24.3 Å². The lowest BCUT2D eigenvalue weighted by Crippen LogP contribution is -2.39. The van der Waals surface area contributed by atoms with Crippen LogP contribution in [0.5, 0.6) is 0 Å². The van der Waals surface area contributed by atoms with E-state index in [1.54, 1.807) is 0 Å². The molecule has 21 heavy (non-hydrogen) atoms. The molecule has 4 heteroatoms. The molecule has 2 rings (SSSR count). The summed E-state index contributed by atoms with van der Waals surface area (Å²) < 4.78 is 5.55. The van der Waals surface area contributed by atoms with Crippen molar-refractivity contribution in [2.45, 2.75) is 51.4 Å². The molecule has 118 valence electrons. The van der Waals surface area contributed by atoms with Crippen molar-refractivity contribution in [2.24, 2.45) is 5.92 Å². The van der Waals surface area contributed by atoms with Gasteiger partial charge in [0, 0.05) is 17.6 Å². The molecule has 1 aromatic rings. The van der Waals surface area contributed by atoms with Gasteiger partial charge in [-0.25, -0.2) is 0 Å². The molecule has 3 nitrogen and oxygen atoms in total. The molecule has 0 heterocycles. The highest BCUT2D eigenvalue weighted by molar-refractivity contribution is 6.31. The van der Waals surface area contributed by atoms with E-state index < -0.39 is 6.10 Å². The molecule has 0 aliphatic heterocycles. The lowest BCUT2D eigenvalue weighted by molar-refractivity contribution is 0.0270. The van der Waals surface area contributed by atoms with E-state index in [1.165, 1.54) is 25.7 Å². The summed E-state index contributed by atoms with van der Waals surface area (Å²) in [4.78, 5) is 0. The van der Waals surface area contributed by atoms with Crippen LogP contribution in [0.1, 0.15) is 38.2 Å². The number of nitrogens with one attached hydrogen (secondary N) is 1. The molecule has 1 fully saturated rings. The maximum Gasteiger partial charge on any atom is 0.0897 e. The predicted molar refractivity (Wildman–Crippen MR) is 86.5 cm³/mol. The summed E-state index contributed by atoms with van der Waals surface area (Å²) in [5.74, 6) is 0.765. The second-order valence-corrected chi connectivity index (χ2v) is 6.41. The van der Waals surface area contributed by atoms with E-state index in [1.807, 2.05) is 24.3 Å². The number of aliphatic hydroxyl groups excluding tert-OH is 1. The van der Waals surface area contributed by atoms with Crippen LogP contribution in [-0.2, 0) is 11.3 Å². The normalized spacial score (nSPS) is 18.8. The number of hydrogen-bond acceptors (Lipinski definition) is 3. The Bertz CT molecular complexity index is 421. The Balaban J connectivity index is 1.61. The maximum absolute atomic E-state index is 9.97. The minimum absolute atomic E-state index is 0.329. The Morgan fingerprint density at radius 1 is 1.33 bits per heavy atom. The second-order valence-electron chi connectivity index (χ2n) is 6.00. The molecule has 1 aliphatic carbocycles. The topological polar surface area (TPSA) is 41.5 Å². The average molecular weight is 312 g/mol. The number of benzene rings is 1. The summed E-state index contributed by atoms with van der Waals surface area (Å²) >= 11 is 6.06. The minimum atomic E-state index is -0.476. The van der Waals surface area contributed by atoms with E-state index in [9.17, 15) is 5.11 Å². The first kappa shape index (κ1) is 16.8. The first-order chi connectivity index (χ1) is 10.2. The standard InChI is InChI=1S/C17H26ClNO2/c1-13(14-6-2-3-7-14)19-10-16(20)12-21-11-15-8-4-5-9-17(15)18/h4-5,8-9,13-14,16,19-20H,2-3,6-7,10-12H2,1H3/t13-,16?/m1/s1. The van der Waals surface area contributed by atoms with Gasteiger partial charge in [-0.15, -0.1) is 0 Å². The van der Waals surface area contributed by atoms with Gasteiger partial charge in [0.15, 0.2) is 0 Å². The van der Waals surface area contributed by atoms with Crippen molar-refractivity contribution in [3.05, 3.63) is 34.9 Å². The highest BCUT2D eigenvalue weighted by Crippen LogP contribution is 2.27. The van der Waals surface area contributed by atoms with Crippen molar-refractivity contribution in [1.82, 2.24) is 5.32 Å².